The molecule has 3 aromatic heterocycles. The zero-order valence-electron chi connectivity index (χ0n) is 16.3. The molecule has 0 radical (unpaired) electrons. The number of nitrogens with one attached hydrogen (secondary N) is 2. The molecule has 0 saturated carbocycles. The summed E-state index contributed by atoms with van der Waals surface area (Å²) in [6, 6.07) is 15.3. The van der Waals surface area contributed by atoms with Gasteiger partial charge in [-0.05, 0) is 48.9 Å². The third kappa shape index (κ3) is 2.98. The van der Waals surface area contributed by atoms with E-state index in [9.17, 15) is 9.59 Å². The van der Waals surface area contributed by atoms with Crippen molar-refractivity contribution >= 4 is 44.2 Å². The SMILES string of the molecule is Cc1c(C(=O)Nc2ccc(-c3nc4ccccc4[nH]3)cc2)sc2ncn(C)c(=O)c12. The molecule has 7 nitrogen and oxygen atoms in total. The number of aromatic amines is 1. The lowest BCUT2D eigenvalue weighted by Gasteiger charge is -2.05. The minimum Gasteiger partial charge on any atom is -0.338 e. The predicted molar refractivity (Wildman–Crippen MR) is 119 cm³/mol. The molecule has 0 aliphatic heterocycles. The topological polar surface area (TPSA) is 92.7 Å². The summed E-state index contributed by atoms with van der Waals surface area (Å²) in [7, 11) is 1.65. The number of benzene rings is 2. The van der Waals surface area contributed by atoms with Crippen LogP contribution in [0.5, 0.6) is 0 Å². The average molecular weight is 415 g/mol. The number of aromatic nitrogens is 4. The molecule has 0 aliphatic carbocycles. The van der Waals surface area contributed by atoms with Crippen LogP contribution in [0.15, 0.2) is 59.7 Å². The molecule has 8 heteroatoms. The molecule has 5 aromatic rings. The molecule has 0 aliphatic rings. The van der Waals surface area contributed by atoms with E-state index in [2.05, 4.69) is 20.3 Å². The Morgan fingerprint density at radius 1 is 1.13 bits per heavy atom. The number of anilines is 1. The van der Waals surface area contributed by atoms with Gasteiger partial charge in [0.15, 0.2) is 0 Å². The zero-order valence-corrected chi connectivity index (χ0v) is 17.1. The van der Waals surface area contributed by atoms with E-state index in [4.69, 9.17) is 0 Å². The quantitative estimate of drug-likeness (QED) is 0.464. The summed E-state index contributed by atoms with van der Waals surface area (Å²) in [6.45, 7) is 1.78. The molecule has 1 amide bonds. The number of hydrogen-bond acceptors (Lipinski definition) is 5. The number of H-pyrrole nitrogens is 1. The van der Waals surface area contributed by atoms with Gasteiger partial charge in [0, 0.05) is 18.3 Å². The Labute approximate surface area is 175 Å². The standard InChI is InChI=1S/C22H17N5O2S/c1-12-17-21(23-11-27(2)22(17)29)30-18(12)20(28)24-14-9-7-13(8-10-14)19-25-15-5-3-4-6-16(15)26-19/h3-11H,1-2H3,(H,24,28)(H,25,26). The molecule has 2 aromatic carbocycles. The maximum atomic E-state index is 12.8. The van der Waals surface area contributed by atoms with Crippen LogP contribution in [-0.4, -0.2) is 25.4 Å². The fourth-order valence-electron chi connectivity index (χ4n) is 3.41. The van der Waals surface area contributed by atoms with Crippen molar-refractivity contribution in [2.75, 3.05) is 5.32 Å². The molecule has 5 rings (SSSR count). The number of nitrogens with zero attached hydrogens (tertiary/aromatic N) is 3. The highest BCUT2D eigenvalue weighted by Gasteiger charge is 2.19. The van der Waals surface area contributed by atoms with E-state index >= 15 is 0 Å². The predicted octanol–water partition coefficient (Wildman–Crippen LogP) is 4.10. The van der Waals surface area contributed by atoms with E-state index in [1.165, 1.54) is 22.2 Å². The van der Waals surface area contributed by atoms with E-state index < -0.39 is 0 Å². The summed E-state index contributed by atoms with van der Waals surface area (Å²) < 4.78 is 1.42. The second-order valence-electron chi connectivity index (χ2n) is 7.03. The van der Waals surface area contributed by atoms with Gasteiger partial charge in [-0.1, -0.05) is 12.1 Å². The number of para-hydroxylation sites is 2. The van der Waals surface area contributed by atoms with Gasteiger partial charge in [0.05, 0.1) is 27.6 Å². The van der Waals surface area contributed by atoms with Crippen LogP contribution in [0.4, 0.5) is 5.69 Å². The number of imidazole rings is 1. The van der Waals surface area contributed by atoms with Gasteiger partial charge in [-0.2, -0.15) is 0 Å². The van der Waals surface area contributed by atoms with Gasteiger partial charge >= 0.3 is 0 Å². The Hall–Kier alpha value is -3.78. The van der Waals surface area contributed by atoms with Gasteiger partial charge in [-0.3, -0.25) is 9.59 Å². The second kappa shape index (κ2) is 6.93. The number of amides is 1. The molecule has 30 heavy (non-hydrogen) atoms. The Bertz CT molecular complexity index is 1440. The molecule has 2 N–H and O–H groups in total. The number of carbonyl (C=O) groups excluding carboxylic acids is 1. The molecular weight excluding hydrogens is 398 g/mol. The highest BCUT2D eigenvalue weighted by Crippen LogP contribution is 2.28. The monoisotopic (exact) mass is 415 g/mol. The lowest BCUT2D eigenvalue weighted by atomic mass is 10.2. The Morgan fingerprint density at radius 3 is 2.67 bits per heavy atom. The highest BCUT2D eigenvalue weighted by atomic mass is 32.1. The number of carbonyl (C=O) groups is 1. The number of rotatable bonds is 3. The maximum Gasteiger partial charge on any atom is 0.266 e. The molecule has 3 heterocycles. The first-order valence-electron chi connectivity index (χ1n) is 9.32. The van der Waals surface area contributed by atoms with E-state index in [0.717, 1.165) is 22.4 Å². The van der Waals surface area contributed by atoms with Crippen molar-refractivity contribution in [3.05, 3.63) is 75.7 Å². The number of thiophene rings is 1. The van der Waals surface area contributed by atoms with Crippen LogP contribution >= 0.6 is 11.3 Å². The number of hydrogen-bond donors (Lipinski definition) is 2. The second-order valence-corrected chi connectivity index (χ2v) is 8.03. The van der Waals surface area contributed by atoms with E-state index in [1.807, 2.05) is 48.5 Å². The summed E-state index contributed by atoms with van der Waals surface area (Å²) >= 11 is 1.23. The lowest BCUT2D eigenvalue weighted by molar-refractivity contribution is 0.103. The van der Waals surface area contributed by atoms with E-state index in [1.54, 1.807) is 14.0 Å². The molecular formula is C22H17N5O2S. The molecule has 0 atom stereocenters. The minimum atomic E-state index is -0.256. The van der Waals surface area contributed by atoms with Crippen LogP contribution in [0.1, 0.15) is 15.2 Å². The molecule has 0 saturated heterocycles. The number of fused-ring (bicyclic) bond motifs is 2. The molecule has 0 fully saturated rings. The maximum absolute atomic E-state index is 12.8. The highest BCUT2D eigenvalue weighted by molar-refractivity contribution is 7.20. The molecule has 0 spiro atoms. The van der Waals surface area contributed by atoms with Crippen LogP contribution in [0.3, 0.4) is 0 Å². The van der Waals surface area contributed by atoms with Gasteiger partial charge in [0.1, 0.15) is 10.7 Å². The smallest absolute Gasteiger partial charge is 0.266 e. The Morgan fingerprint density at radius 2 is 1.90 bits per heavy atom. The van der Waals surface area contributed by atoms with Crippen molar-refractivity contribution < 1.29 is 4.79 Å². The van der Waals surface area contributed by atoms with Crippen LogP contribution in [0.25, 0.3) is 32.6 Å². The van der Waals surface area contributed by atoms with Crippen molar-refractivity contribution in [3.8, 4) is 11.4 Å². The Balaban J connectivity index is 1.41. The van der Waals surface area contributed by atoms with Crippen molar-refractivity contribution in [1.82, 2.24) is 19.5 Å². The van der Waals surface area contributed by atoms with Crippen LogP contribution in [0.2, 0.25) is 0 Å². The first-order chi connectivity index (χ1) is 14.5. The van der Waals surface area contributed by atoms with Crippen LogP contribution < -0.4 is 10.9 Å². The van der Waals surface area contributed by atoms with Gasteiger partial charge < -0.3 is 14.9 Å². The summed E-state index contributed by atoms with van der Waals surface area (Å²) in [5.74, 6) is 0.519. The lowest BCUT2D eigenvalue weighted by Crippen LogP contribution is -2.17. The summed E-state index contributed by atoms with van der Waals surface area (Å²) in [6.07, 6.45) is 1.47. The van der Waals surface area contributed by atoms with E-state index in [0.29, 0.717) is 26.3 Å². The van der Waals surface area contributed by atoms with Crippen molar-refractivity contribution in [2.24, 2.45) is 7.05 Å². The van der Waals surface area contributed by atoms with Gasteiger partial charge in [-0.15, -0.1) is 11.3 Å². The summed E-state index contributed by atoms with van der Waals surface area (Å²) in [4.78, 5) is 38.4. The summed E-state index contributed by atoms with van der Waals surface area (Å²) in [5, 5.41) is 3.40. The molecule has 0 unspecified atom stereocenters. The fourth-order valence-corrected chi connectivity index (χ4v) is 4.45. The third-order valence-corrected chi connectivity index (χ3v) is 6.22. The fraction of sp³-hybridized carbons (Fsp3) is 0.0909. The normalized spacial score (nSPS) is 11.3. The minimum absolute atomic E-state index is 0.150. The molecule has 0 bridgehead atoms. The zero-order chi connectivity index (χ0) is 20.8. The van der Waals surface area contributed by atoms with Gasteiger partial charge in [0.2, 0.25) is 0 Å². The average Bonchev–Trinajstić information content (AvgIpc) is 3.33. The van der Waals surface area contributed by atoms with Crippen LogP contribution in [-0.2, 0) is 7.05 Å². The number of aryl methyl sites for hydroxylation is 2. The van der Waals surface area contributed by atoms with Crippen molar-refractivity contribution in [1.29, 1.82) is 0 Å². The van der Waals surface area contributed by atoms with Crippen LogP contribution in [0, 0.1) is 6.92 Å². The first-order valence-corrected chi connectivity index (χ1v) is 10.1. The summed E-state index contributed by atoms with van der Waals surface area (Å²) in [5.41, 5.74) is 3.98. The van der Waals surface area contributed by atoms with Crippen molar-refractivity contribution in [2.45, 2.75) is 6.92 Å². The largest absolute Gasteiger partial charge is 0.338 e. The third-order valence-electron chi connectivity index (χ3n) is 5.02. The van der Waals surface area contributed by atoms with E-state index in [-0.39, 0.29) is 11.5 Å². The first kappa shape index (κ1) is 18.3. The molecule has 148 valence electrons. The van der Waals surface area contributed by atoms with Gasteiger partial charge in [-0.25, -0.2) is 9.97 Å². The van der Waals surface area contributed by atoms with Gasteiger partial charge in [0.25, 0.3) is 11.5 Å². The Kier molecular flexibility index (Phi) is 4.22. The van der Waals surface area contributed by atoms with Crippen molar-refractivity contribution in [3.63, 3.8) is 0 Å².